The lowest BCUT2D eigenvalue weighted by Crippen LogP contribution is -2.00. The van der Waals surface area contributed by atoms with Gasteiger partial charge in [-0.15, -0.1) is 10.2 Å². The fourth-order valence-electron chi connectivity index (χ4n) is 1.98. The Hall–Kier alpha value is -2.40. The minimum atomic E-state index is -0.348. The van der Waals surface area contributed by atoms with Crippen molar-refractivity contribution in [1.29, 1.82) is 0 Å². The number of nitrogens with zero attached hydrogens (tertiary/aromatic N) is 2. The van der Waals surface area contributed by atoms with Crippen molar-refractivity contribution in [3.8, 4) is 11.5 Å². The summed E-state index contributed by atoms with van der Waals surface area (Å²) in [5.41, 5.74) is 2.45. The molecule has 3 rings (SSSR count). The molecule has 2 aromatic carbocycles. The fourth-order valence-corrected chi connectivity index (χ4v) is 2.22. The molecule has 106 valence electrons. The number of rotatable bonds is 4. The zero-order valence-corrected chi connectivity index (χ0v) is 11.6. The van der Waals surface area contributed by atoms with Crippen LogP contribution in [0, 0.1) is 5.82 Å². The van der Waals surface area contributed by atoms with Gasteiger partial charge in [0.25, 0.3) is 0 Å². The molecule has 0 bridgehead atoms. The summed E-state index contributed by atoms with van der Waals surface area (Å²) in [7, 11) is 0. The van der Waals surface area contributed by atoms with Crippen molar-refractivity contribution < 1.29 is 8.81 Å². The van der Waals surface area contributed by atoms with Gasteiger partial charge < -0.3 is 9.73 Å². The average molecular weight is 304 g/mol. The first kappa shape index (κ1) is 13.6. The van der Waals surface area contributed by atoms with Crippen LogP contribution in [0.25, 0.3) is 11.5 Å². The Morgan fingerprint density at radius 3 is 2.86 bits per heavy atom. The van der Waals surface area contributed by atoms with Crippen LogP contribution in [0.2, 0.25) is 5.02 Å². The molecule has 0 spiro atoms. The minimum Gasteiger partial charge on any atom is -0.423 e. The Bertz CT molecular complexity index is 726. The molecule has 0 unspecified atom stereocenters. The van der Waals surface area contributed by atoms with Gasteiger partial charge in [-0.1, -0.05) is 17.7 Å². The normalized spacial score (nSPS) is 10.6. The highest BCUT2D eigenvalue weighted by Gasteiger charge is 2.04. The Morgan fingerprint density at radius 2 is 2.10 bits per heavy atom. The quantitative estimate of drug-likeness (QED) is 0.787. The van der Waals surface area contributed by atoms with E-state index in [1.165, 1.54) is 18.5 Å². The second kappa shape index (κ2) is 5.93. The largest absolute Gasteiger partial charge is 0.423 e. The summed E-state index contributed by atoms with van der Waals surface area (Å²) in [4.78, 5) is 0. The number of benzene rings is 2. The number of hydrogen-bond donors (Lipinski definition) is 1. The van der Waals surface area contributed by atoms with E-state index in [0.29, 0.717) is 17.5 Å². The summed E-state index contributed by atoms with van der Waals surface area (Å²) in [6.45, 7) is 0.463. The van der Waals surface area contributed by atoms with E-state index in [9.17, 15) is 4.39 Å². The van der Waals surface area contributed by atoms with Gasteiger partial charge in [0.1, 0.15) is 5.82 Å². The maximum Gasteiger partial charge on any atom is 0.247 e. The van der Waals surface area contributed by atoms with Gasteiger partial charge in [0.15, 0.2) is 0 Å². The highest BCUT2D eigenvalue weighted by molar-refractivity contribution is 6.30. The molecule has 0 radical (unpaired) electrons. The standard InChI is InChI=1S/C15H11ClFN3O/c16-12-4-10(5-13(17)7-12)8-18-14-3-1-2-11(6-14)15-20-19-9-21-15/h1-7,9,18H,8H2. The van der Waals surface area contributed by atoms with E-state index in [2.05, 4.69) is 15.5 Å². The number of anilines is 1. The maximum atomic E-state index is 13.3. The predicted molar refractivity (Wildman–Crippen MR) is 78.5 cm³/mol. The Kier molecular flexibility index (Phi) is 3.83. The van der Waals surface area contributed by atoms with Crippen LogP contribution in [0.5, 0.6) is 0 Å². The van der Waals surface area contributed by atoms with Crippen LogP contribution in [0.4, 0.5) is 10.1 Å². The molecule has 1 aromatic heterocycles. The van der Waals surface area contributed by atoms with Crippen molar-refractivity contribution in [1.82, 2.24) is 10.2 Å². The summed E-state index contributed by atoms with van der Waals surface area (Å²) in [5, 5.41) is 11.1. The van der Waals surface area contributed by atoms with Gasteiger partial charge >= 0.3 is 0 Å². The fraction of sp³-hybridized carbons (Fsp3) is 0.0667. The van der Waals surface area contributed by atoms with E-state index in [-0.39, 0.29) is 5.82 Å². The molecule has 6 heteroatoms. The highest BCUT2D eigenvalue weighted by atomic mass is 35.5. The van der Waals surface area contributed by atoms with Crippen LogP contribution in [-0.2, 0) is 6.54 Å². The summed E-state index contributed by atoms with van der Waals surface area (Å²) < 4.78 is 18.4. The summed E-state index contributed by atoms with van der Waals surface area (Å²) in [6.07, 6.45) is 1.28. The summed E-state index contributed by atoms with van der Waals surface area (Å²) in [6, 6.07) is 12.0. The van der Waals surface area contributed by atoms with E-state index >= 15 is 0 Å². The maximum absolute atomic E-state index is 13.3. The molecule has 3 aromatic rings. The van der Waals surface area contributed by atoms with Crippen LogP contribution < -0.4 is 5.32 Å². The van der Waals surface area contributed by atoms with Crippen molar-refractivity contribution >= 4 is 17.3 Å². The van der Waals surface area contributed by atoms with Gasteiger partial charge in [-0.3, -0.25) is 0 Å². The number of halogens is 2. The van der Waals surface area contributed by atoms with Gasteiger partial charge in [-0.2, -0.15) is 0 Å². The molecule has 0 aliphatic carbocycles. The SMILES string of the molecule is Fc1cc(Cl)cc(CNc2cccc(-c3nnco3)c2)c1. The average Bonchev–Trinajstić information content (AvgIpc) is 2.99. The molecule has 0 fully saturated rings. The van der Waals surface area contributed by atoms with E-state index in [0.717, 1.165) is 16.8 Å². The molecule has 0 aliphatic rings. The van der Waals surface area contributed by atoms with E-state index in [4.69, 9.17) is 16.0 Å². The minimum absolute atomic E-state index is 0.348. The molecule has 0 atom stereocenters. The van der Waals surface area contributed by atoms with Crippen molar-refractivity contribution in [2.45, 2.75) is 6.54 Å². The molecular formula is C15H11ClFN3O. The lowest BCUT2D eigenvalue weighted by molar-refractivity contribution is 0.568. The Balaban J connectivity index is 1.75. The number of aromatic nitrogens is 2. The van der Waals surface area contributed by atoms with Crippen LogP contribution in [-0.4, -0.2) is 10.2 Å². The van der Waals surface area contributed by atoms with Crippen molar-refractivity contribution in [3.63, 3.8) is 0 Å². The topological polar surface area (TPSA) is 51.0 Å². The lowest BCUT2D eigenvalue weighted by Gasteiger charge is -2.08. The third kappa shape index (κ3) is 3.38. The molecule has 0 saturated heterocycles. The first-order chi connectivity index (χ1) is 10.2. The number of nitrogens with one attached hydrogen (secondary N) is 1. The number of hydrogen-bond acceptors (Lipinski definition) is 4. The van der Waals surface area contributed by atoms with Crippen LogP contribution in [0.1, 0.15) is 5.56 Å². The zero-order chi connectivity index (χ0) is 14.7. The zero-order valence-electron chi connectivity index (χ0n) is 10.9. The van der Waals surface area contributed by atoms with Crippen LogP contribution in [0.3, 0.4) is 0 Å². The Morgan fingerprint density at radius 1 is 1.19 bits per heavy atom. The molecule has 1 N–H and O–H groups in total. The monoisotopic (exact) mass is 303 g/mol. The molecule has 21 heavy (non-hydrogen) atoms. The van der Waals surface area contributed by atoms with Crippen LogP contribution >= 0.6 is 11.6 Å². The summed E-state index contributed by atoms with van der Waals surface area (Å²) >= 11 is 5.83. The molecule has 4 nitrogen and oxygen atoms in total. The predicted octanol–water partition coefficient (Wildman–Crippen LogP) is 4.14. The first-order valence-corrected chi connectivity index (χ1v) is 6.64. The Labute approximate surface area is 125 Å². The van der Waals surface area contributed by atoms with E-state index in [1.807, 2.05) is 24.3 Å². The second-order valence-electron chi connectivity index (χ2n) is 4.46. The smallest absolute Gasteiger partial charge is 0.247 e. The second-order valence-corrected chi connectivity index (χ2v) is 4.89. The van der Waals surface area contributed by atoms with Crippen LogP contribution in [0.15, 0.2) is 53.3 Å². The molecule has 0 saturated carbocycles. The van der Waals surface area contributed by atoms with Gasteiger partial charge in [0.05, 0.1) is 0 Å². The highest BCUT2D eigenvalue weighted by Crippen LogP contribution is 2.21. The molecule has 0 aliphatic heterocycles. The van der Waals surface area contributed by atoms with E-state index < -0.39 is 0 Å². The molecular weight excluding hydrogens is 293 g/mol. The van der Waals surface area contributed by atoms with Crippen molar-refractivity contribution in [2.24, 2.45) is 0 Å². The van der Waals surface area contributed by atoms with Gasteiger partial charge in [-0.05, 0) is 42.0 Å². The van der Waals surface area contributed by atoms with Gasteiger partial charge in [0.2, 0.25) is 12.3 Å². The van der Waals surface area contributed by atoms with E-state index in [1.54, 1.807) is 6.07 Å². The van der Waals surface area contributed by atoms with Crippen molar-refractivity contribution in [2.75, 3.05) is 5.32 Å². The third-order valence-electron chi connectivity index (χ3n) is 2.89. The molecule has 1 heterocycles. The summed E-state index contributed by atoms with van der Waals surface area (Å²) in [5.74, 6) is 0.103. The van der Waals surface area contributed by atoms with Gasteiger partial charge in [0, 0.05) is 22.8 Å². The first-order valence-electron chi connectivity index (χ1n) is 6.26. The molecule has 0 amide bonds. The third-order valence-corrected chi connectivity index (χ3v) is 3.11. The lowest BCUT2D eigenvalue weighted by atomic mass is 10.2. The van der Waals surface area contributed by atoms with Crippen molar-refractivity contribution in [3.05, 3.63) is 65.3 Å². The van der Waals surface area contributed by atoms with Gasteiger partial charge in [-0.25, -0.2) is 4.39 Å².